The zero-order chi connectivity index (χ0) is 16.4. The van der Waals surface area contributed by atoms with Gasteiger partial charge in [-0.1, -0.05) is 36.4 Å². The van der Waals surface area contributed by atoms with Crippen molar-refractivity contribution in [2.75, 3.05) is 17.2 Å². The second-order valence-corrected chi connectivity index (χ2v) is 5.57. The summed E-state index contributed by atoms with van der Waals surface area (Å²) in [6.07, 6.45) is 4.02. The molecule has 4 heteroatoms. The smallest absolute Gasteiger partial charge is 0.0490 e. The molecule has 0 heterocycles. The molecule has 0 aromatic heterocycles. The van der Waals surface area contributed by atoms with Crippen LogP contribution < -0.4 is 22.9 Å². The summed E-state index contributed by atoms with van der Waals surface area (Å²) < 4.78 is 0. The number of benzene rings is 3. The van der Waals surface area contributed by atoms with E-state index < -0.39 is 0 Å². The highest BCUT2D eigenvalue weighted by molar-refractivity contribution is 5.99. The third-order valence-corrected chi connectivity index (χ3v) is 3.92. The van der Waals surface area contributed by atoms with E-state index in [1.54, 1.807) is 24.3 Å². The minimum absolute atomic E-state index is 0.0111. The van der Waals surface area contributed by atoms with Gasteiger partial charge in [-0.3, -0.25) is 0 Å². The molecule has 0 spiro atoms. The molecule has 0 bridgehead atoms. The summed E-state index contributed by atoms with van der Waals surface area (Å²) in [5.74, 6) is 0. The summed E-state index contributed by atoms with van der Waals surface area (Å²) in [5, 5.41) is 2.41. The minimum atomic E-state index is -0.0111. The molecule has 0 fully saturated rings. The minimum Gasteiger partial charge on any atom is -0.399 e. The Balaban J connectivity index is 0.000000166. The third-order valence-electron chi connectivity index (χ3n) is 3.92. The molecule has 0 amide bonds. The van der Waals surface area contributed by atoms with Gasteiger partial charge in [0.25, 0.3) is 0 Å². The van der Waals surface area contributed by atoms with Gasteiger partial charge in [-0.25, -0.2) is 0 Å². The summed E-state index contributed by atoms with van der Waals surface area (Å²) in [6.45, 7) is 0. The lowest BCUT2D eigenvalue weighted by molar-refractivity contribution is 0.922. The largest absolute Gasteiger partial charge is 0.399 e. The highest BCUT2D eigenvalue weighted by atomic mass is 14.6. The van der Waals surface area contributed by atoms with Crippen LogP contribution in [-0.4, -0.2) is 0 Å². The van der Waals surface area contributed by atoms with Crippen molar-refractivity contribution in [2.24, 2.45) is 5.73 Å². The van der Waals surface area contributed by atoms with Crippen LogP contribution in [0.3, 0.4) is 0 Å². The maximum absolute atomic E-state index is 6.03. The van der Waals surface area contributed by atoms with Crippen LogP contribution in [0.1, 0.15) is 17.2 Å². The first-order valence-electron chi connectivity index (χ1n) is 7.42. The fourth-order valence-corrected chi connectivity index (χ4v) is 2.71. The number of hydrogen-bond donors (Lipinski definition) is 4. The van der Waals surface area contributed by atoms with Crippen LogP contribution in [0.4, 0.5) is 17.1 Å². The molecule has 0 saturated heterocycles. The van der Waals surface area contributed by atoms with Gasteiger partial charge in [-0.15, -0.1) is 0 Å². The normalized spacial score (nSPS) is 15.1. The first-order chi connectivity index (χ1) is 11.1. The van der Waals surface area contributed by atoms with E-state index in [0.717, 1.165) is 28.2 Å². The lowest BCUT2D eigenvalue weighted by Gasteiger charge is -2.19. The Labute approximate surface area is 135 Å². The molecular formula is C19H20N4. The maximum Gasteiger partial charge on any atom is 0.0490 e. The van der Waals surface area contributed by atoms with Crippen molar-refractivity contribution in [3.63, 3.8) is 0 Å². The number of hydrogen-bond acceptors (Lipinski definition) is 4. The van der Waals surface area contributed by atoms with E-state index in [9.17, 15) is 0 Å². The number of nitrogen functional groups attached to an aromatic ring is 3. The van der Waals surface area contributed by atoms with E-state index in [-0.39, 0.29) is 6.04 Å². The highest BCUT2D eigenvalue weighted by Gasteiger charge is 2.15. The summed E-state index contributed by atoms with van der Waals surface area (Å²) in [5.41, 5.74) is 27.3. The van der Waals surface area contributed by atoms with Crippen molar-refractivity contribution in [1.29, 1.82) is 0 Å². The number of nitrogens with two attached hydrogens (primary N) is 4. The molecule has 1 aliphatic carbocycles. The third kappa shape index (κ3) is 2.98. The Bertz CT molecular complexity index is 845. The van der Waals surface area contributed by atoms with Gasteiger partial charge in [0.1, 0.15) is 0 Å². The summed E-state index contributed by atoms with van der Waals surface area (Å²) in [6, 6.07) is 17.3. The van der Waals surface area contributed by atoms with Gasteiger partial charge in [0, 0.05) is 28.7 Å². The summed E-state index contributed by atoms with van der Waals surface area (Å²) in [7, 11) is 0. The monoisotopic (exact) mass is 304 g/mol. The van der Waals surface area contributed by atoms with Gasteiger partial charge in [-0.2, -0.15) is 0 Å². The molecule has 1 aliphatic rings. The van der Waals surface area contributed by atoms with Gasteiger partial charge >= 0.3 is 0 Å². The van der Waals surface area contributed by atoms with Crippen LogP contribution in [0.15, 0.2) is 60.7 Å². The molecule has 1 atom stereocenters. The van der Waals surface area contributed by atoms with Gasteiger partial charge in [0.05, 0.1) is 0 Å². The molecule has 8 N–H and O–H groups in total. The van der Waals surface area contributed by atoms with Crippen LogP contribution >= 0.6 is 0 Å². The predicted molar refractivity (Wildman–Crippen MR) is 99.6 cm³/mol. The van der Waals surface area contributed by atoms with Crippen molar-refractivity contribution in [1.82, 2.24) is 0 Å². The lowest BCUT2D eigenvalue weighted by atomic mass is 9.90. The molecule has 4 rings (SSSR count). The second kappa shape index (κ2) is 6.02. The molecule has 116 valence electrons. The molecule has 3 aromatic rings. The topological polar surface area (TPSA) is 104 Å². The van der Waals surface area contributed by atoms with E-state index in [1.165, 1.54) is 10.8 Å². The van der Waals surface area contributed by atoms with E-state index in [1.807, 2.05) is 30.4 Å². The first kappa shape index (κ1) is 14.9. The molecular weight excluding hydrogens is 284 g/mol. The van der Waals surface area contributed by atoms with Crippen molar-refractivity contribution in [2.45, 2.75) is 6.04 Å². The van der Waals surface area contributed by atoms with Gasteiger partial charge in [-0.05, 0) is 46.7 Å². The number of rotatable bonds is 0. The van der Waals surface area contributed by atoms with E-state index >= 15 is 0 Å². The van der Waals surface area contributed by atoms with E-state index in [0.29, 0.717) is 0 Å². The molecule has 3 aromatic carbocycles. The number of anilines is 3. The summed E-state index contributed by atoms with van der Waals surface area (Å²) >= 11 is 0. The SMILES string of the molecule is Nc1ccc(N)cc1.Nc1ccc2cccc3c2c1C=CC3N. The van der Waals surface area contributed by atoms with Crippen molar-refractivity contribution in [3.8, 4) is 0 Å². The van der Waals surface area contributed by atoms with Crippen molar-refractivity contribution >= 4 is 33.9 Å². The van der Waals surface area contributed by atoms with Crippen LogP contribution in [0, 0.1) is 0 Å². The molecule has 0 radical (unpaired) electrons. The molecule has 23 heavy (non-hydrogen) atoms. The standard InChI is InChI=1S/C13H12N2.C6H8N2/c14-11-6-4-8-2-1-3-9-12(15)7-5-10(11)13(8)9;7-5-1-2-6(8)4-3-5/h1-7,12H,14-15H2;1-4H,7-8H2. The maximum atomic E-state index is 6.03. The Morgan fingerprint density at radius 1 is 0.739 bits per heavy atom. The molecule has 0 saturated carbocycles. The van der Waals surface area contributed by atoms with Crippen LogP contribution in [0.2, 0.25) is 0 Å². The lowest BCUT2D eigenvalue weighted by Crippen LogP contribution is -2.11. The van der Waals surface area contributed by atoms with Gasteiger partial charge in [0.15, 0.2) is 0 Å². The summed E-state index contributed by atoms with van der Waals surface area (Å²) in [4.78, 5) is 0. The fraction of sp³-hybridized carbons (Fsp3) is 0.0526. The quantitative estimate of drug-likeness (QED) is 0.478. The highest BCUT2D eigenvalue weighted by Crippen LogP contribution is 2.35. The Kier molecular flexibility index (Phi) is 3.91. The molecule has 4 nitrogen and oxygen atoms in total. The average Bonchev–Trinajstić information content (AvgIpc) is 2.56. The zero-order valence-electron chi connectivity index (χ0n) is 12.7. The Morgan fingerprint density at radius 3 is 2.04 bits per heavy atom. The van der Waals surface area contributed by atoms with Gasteiger partial charge < -0.3 is 22.9 Å². The molecule has 0 aliphatic heterocycles. The van der Waals surface area contributed by atoms with Crippen molar-refractivity contribution < 1.29 is 0 Å². The van der Waals surface area contributed by atoms with E-state index in [4.69, 9.17) is 22.9 Å². The van der Waals surface area contributed by atoms with Crippen LogP contribution in [0.5, 0.6) is 0 Å². The predicted octanol–water partition coefficient (Wildman–Crippen LogP) is 3.30. The molecule has 1 unspecified atom stereocenters. The fourth-order valence-electron chi connectivity index (χ4n) is 2.71. The zero-order valence-corrected chi connectivity index (χ0v) is 12.7. The first-order valence-corrected chi connectivity index (χ1v) is 7.42. The van der Waals surface area contributed by atoms with Gasteiger partial charge in [0.2, 0.25) is 0 Å². The Hall–Kier alpha value is -2.98. The van der Waals surface area contributed by atoms with E-state index in [2.05, 4.69) is 12.1 Å². The van der Waals surface area contributed by atoms with Crippen LogP contribution in [0.25, 0.3) is 16.8 Å². The average molecular weight is 304 g/mol. The second-order valence-electron chi connectivity index (χ2n) is 5.57. The van der Waals surface area contributed by atoms with Crippen LogP contribution in [-0.2, 0) is 0 Å². The Morgan fingerprint density at radius 2 is 1.39 bits per heavy atom. The van der Waals surface area contributed by atoms with Crippen molar-refractivity contribution in [3.05, 3.63) is 71.8 Å².